The molecule has 0 aromatic heterocycles. The fraction of sp³-hybridized carbons (Fsp3) is 1.00. The molecule has 0 rings (SSSR count). The van der Waals surface area contributed by atoms with E-state index in [1.807, 2.05) is 0 Å². The highest BCUT2D eigenvalue weighted by Crippen LogP contribution is 2.45. The van der Waals surface area contributed by atoms with E-state index in [1.54, 1.807) is 0 Å². The zero-order valence-corrected chi connectivity index (χ0v) is 12.4. The molecule has 0 atom stereocenters. The van der Waals surface area contributed by atoms with Crippen LogP contribution < -0.4 is 0 Å². The van der Waals surface area contributed by atoms with E-state index >= 15 is 0 Å². The maximum absolute atomic E-state index is 2.46. The summed E-state index contributed by atoms with van der Waals surface area (Å²) in [5.41, 5.74) is 2.82. The van der Waals surface area contributed by atoms with Crippen LogP contribution in [0.25, 0.3) is 0 Å². The molecule has 0 aromatic rings. The van der Waals surface area contributed by atoms with Crippen LogP contribution in [0.1, 0.15) is 61.3 Å². The van der Waals surface area contributed by atoms with Gasteiger partial charge in [0.05, 0.1) is 8.07 Å². The lowest BCUT2D eigenvalue weighted by Crippen LogP contribution is -2.44. The molecule has 0 saturated heterocycles. The molecule has 0 saturated carbocycles. The number of unbranched alkanes of at least 4 members (excludes halogenated alkanes) is 1. The normalized spacial score (nSPS) is 13.3. The molecule has 0 nitrogen and oxygen atoms in total. The van der Waals surface area contributed by atoms with E-state index in [-0.39, 0.29) is 0 Å². The minimum Gasteiger partial charge on any atom is -0.0654 e. The predicted octanol–water partition coefficient (Wildman–Crippen LogP) is 5.47. The lowest BCUT2D eigenvalue weighted by molar-refractivity contribution is 0.757. The van der Waals surface area contributed by atoms with Crippen LogP contribution in [0.15, 0.2) is 0 Å². The number of hydrogen-bond donors (Lipinski definition) is 0. The van der Waals surface area contributed by atoms with Gasteiger partial charge in [0.15, 0.2) is 0 Å². The Labute approximate surface area is 92.5 Å². The molecule has 86 valence electrons. The smallest absolute Gasteiger partial charge is 0.0612 e. The molecule has 0 spiro atoms. The molecule has 0 aromatic carbocycles. The topological polar surface area (TPSA) is 0 Å². The lowest BCUT2D eigenvalue weighted by atomic mass is 10.4. The largest absolute Gasteiger partial charge is 0.0654 e. The highest BCUT2D eigenvalue weighted by Gasteiger charge is 2.41. The van der Waals surface area contributed by atoms with Gasteiger partial charge in [-0.1, -0.05) is 84.0 Å². The van der Waals surface area contributed by atoms with Crippen LogP contribution in [0.5, 0.6) is 0 Å². The third-order valence-electron chi connectivity index (χ3n) is 4.19. The van der Waals surface area contributed by atoms with Crippen LogP contribution in [0.2, 0.25) is 22.7 Å². The van der Waals surface area contributed by atoms with Crippen molar-refractivity contribution < 1.29 is 0 Å². The molecule has 0 bridgehead atoms. The minimum absolute atomic E-state index is 0.939. The maximum Gasteiger partial charge on any atom is 0.0612 e. The highest BCUT2D eigenvalue weighted by atomic mass is 28.3. The van der Waals surface area contributed by atoms with E-state index in [0.29, 0.717) is 0 Å². The first-order chi connectivity index (χ1) is 6.39. The number of rotatable bonds is 6. The van der Waals surface area contributed by atoms with Crippen molar-refractivity contribution in [1.29, 1.82) is 0 Å². The first kappa shape index (κ1) is 14.2. The molecule has 0 unspecified atom stereocenters. The maximum atomic E-state index is 2.46. The molecular weight excluding hydrogens is 184 g/mol. The fourth-order valence-corrected chi connectivity index (χ4v) is 10.0. The average molecular weight is 214 g/mol. The molecule has 0 N–H and O–H groups in total. The molecular formula is C13H30Si. The van der Waals surface area contributed by atoms with Gasteiger partial charge in [-0.25, -0.2) is 0 Å². The van der Waals surface area contributed by atoms with Gasteiger partial charge in [-0.3, -0.25) is 0 Å². The zero-order valence-electron chi connectivity index (χ0n) is 11.4. The van der Waals surface area contributed by atoms with Gasteiger partial charge in [-0.2, -0.15) is 0 Å². The minimum atomic E-state index is -1.05. The average Bonchev–Trinajstić information content (AvgIpc) is 2.03. The van der Waals surface area contributed by atoms with Crippen molar-refractivity contribution in [3.05, 3.63) is 0 Å². The molecule has 0 amide bonds. The van der Waals surface area contributed by atoms with Crippen molar-refractivity contribution in [3.8, 4) is 0 Å². The van der Waals surface area contributed by atoms with Gasteiger partial charge in [0.2, 0.25) is 0 Å². The fourth-order valence-electron chi connectivity index (χ4n) is 3.35. The van der Waals surface area contributed by atoms with E-state index in [2.05, 4.69) is 48.5 Å². The summed E-state index contributed by atoms with van der Waals surface area (Å²) >= 11 is 0. The molecule has 0 aliphatic carbocycles. The van der Waals surface area contributed by atoms with Crippen LogP contribution in [-0.2, 0) is 0 Å². The summed E-state index contributed by atoms with van der Waals surface area (Å²) in [5.74, 6) is 0. The Kier molecular flexibility index (Phi) is 6.04. The van der Waals surface area contributed by atoms with E-state index < -0.39 is 8.07 Å². The molecule has 0 aliphatic heterocycles. The summed E-state index contributed by atoms with van der Waals surface area (Å²) in [6, 6.07) is 1.54. The first-order valence-electron chi connectivity index (χ1n) is 6.39. The molecule has 0 aliphatic rings. The summed E-state index contributed by atoms with van der Waals surface area (Å²) in [6.45, 7) is 17.1. The quantitative estimate of drug-likeness (QED) is 0.515. The van der Waals surface area contributed by atoms with E-state index in [1.165, 1.54) is 18.9 Å². The Morgan fingerprint density at radius 3 is 1.36 bits per heavy atom. The molecule has 1 heteroatoms. The van der Waals surface area contributed by atoms with Gasteiger partial charge in [0.1, 0.15) is 0 Å². The summed E-state index contributed by atoms with van der Waals surface area (Å²) in [5, 5.41) is 0. The van der Waals surface area contributed by atoms with E-state index in [9.17, 15) is 0 Å². The highest BCUT2D eigenvalue weighted by molar-refractivity contribution is 6.83. The van der Waals surface area contributed by atoms with Gasteiger partial charge in [0.25, 0.3) is 0 Å². The predicted molar refractivity (Wildman–Crippen MR) is 70.8 cm³/mol. The van der Waals surface area contributed by atoms with Crippen molar-refractivity contribution >= 4 is 8.07 Å². The first-order valence-corrected chi connectivity index (χ1v) is 8.83. The Morgan fingerprint density at radius 2 is 1.14 bits per heavy atom. The lowest BCUT2D eigenvalue weighted by Gasteiger charge is -2.43. The zero-order chi connectivity index (χ0) is 11.4. The van der Waals surface area contributed by atoms with Crippen molar-refractivity contribution in [2.45, 2.75) is 84.0 Å². The van der Waals surface area contributed by atoms with E-state index in [0.717, 1.165) is 16.6 Å². The Hall–Kier alpha value is 0.217. The Balaban J connectivity index is 4.76. The summed E-state index contributed by atoms with van der Waals surface area (Å²) < 4.78 is 0. The van der Waals surface area contributed by atoms with Crippen LogP contribution in [0.4, 0.5) is 0 Å². The van der Waals surface area contributed by atoms with Gasteiger partial charge in [0, 0.05) is 0 Å². The van der Waals surface area contributed by atoms with Crippen LogP contribution in [-0.4, -0.2) is 8.07 Å². The Bertz CT molecular complexity index is 126. The summed E-state index contributed by atoms with van der Waals surface area (Å²) in [4.78, 5) is 0. The second kappa shape index (κ2) is 5.94. The van der Waals surface area contributed by atoms with Gasteiger partial charge in [-0.05, 0) is 0 Å². The number of hydrogen-bond acceptors (Lipinski definition) is 0. The second-order valence-corrected chi connectivity index (χ2v) is 11.9. The SMILES string of the molecule is CCCC[Si](C(C)C)(C(C)C)C(C)C. The van der Waals surface area contributed by atoms with Crippen molar-refractivity contribution in [2.75, 3.05) is 0 Å². The third-order valence-corrected chi connectivity index (χ3v) is 11.9. The summed E-state index contributed by atoms with van der Waals surface area (Å²) in [7, 11) is -1.05. The molecule has 0 fully saturated rings. The monoisotopic (exact) mass is 214 g/mol. The molecule has 14 heavy (non-hydrogen) atoms. The van der Waals surface area contributed by atoms with Gasteiger partial charge in [-0.15, -0.1) is 0 Å². The van der Waals surface area contributed by atoms with Crippen LogP contribution in [0, 0.1) is 0 Å². The van der Waals surface area contributed by atoms with Gasteiger partial charge >= 0.3 is 0 Å². The van der Waals surface area contributed by atoms with Crippen LogP contribution in [0.3, 0.4) is 0 Å². The third kappa shape index (κ3) is 2.85. The van der Waals surface area contributed by atoms with E-state index in [4.69, 9.17) is 0 Å². The standard InChI is InChI=1S/C13H30Si/c1-8-9-10-14(11(2)3,12(4)5)13(6)7/h11-13H,8-10H2,1-7H3. The van der Waals surface area contributed by atoms with Crippen molar-refractivity contribution in [3.63, 3.8) is 0 Å². The van der Waals surface area contributed by atoms with Crippen molar-refractivity contribution in [1.82, 2.24) is 0 Å². The second-order valence-electron chi connectivity index (χ2n) is 5.68. The molecule has 0 heterocycles. The summed E-state index contributed by atoms with van der Waals surface area (Å²) in [6.07, 6.45) is 2.81. The van der Waals surface area contributed by atoms with Gasteiger partial charge < -0.3 is 0 Å². The van der Waals surface area contributed by atoms with Crippen molar-refractivity contribution in [2.24, 2.45) is 0 Å². The Morgan fingerprint density at radius 1 is 0.786 bits per heavy atom. The molecule has 0 radical (unpaired) electrons. The van der Waals surface area contributed by atoms with Crippen LogP contribution >= 0.6 is 0 Å².